The van der Waals surface area contributed by atoms with Gasteiger partial charge in [-0.3, -0.25) is 4.99 Å². The molecule has 0 saturated carbocycles. The van der Waals surface area contributed by atoms with Crippen LogP contribution in [0.25, 0.3) is 0 Å². The van der Waals surface area contributed by atoms with Gasteiger partial charge in [-0.1, -0.05) is 26.0 Å². The fraction of sp³-hybridized carbons (Fsp3) is 0.611. The molecule has 1 atom stereocenters. The van der Waals surface area contributed by atoms with Crippen LogP contribution in [0, 0.1) is 5.92 Å². The van der Waals surface area contributed by atoms with Gasteiger partial charge in [0.15, 0.2) is 5.96 Å². The van der Waals surface area contributed by atoms with Crippen molar-refractivity contribution < 1.29 is 13.2 Å². The Morgan fingerprint density at radius 2 is 2.00 bits per heavy atom. The third kappa shape index (κ3) is 6.59. The summed E-state index contributed by atoms with van der Waals surface area (Å²) < 4.78 is 32.8. The molecule has 7 nitrogen and oxygen atoms in total. The summed E-state index contributed by atoms with van der Waals surface area (Å²) in [5, 5.41) is 6.46. The Balaban J connectivity index is 1.86. The van der Waals surface area contributed by atoms with Gasteiger partial charge in [0, 0.05) is 33.3 Å². The molecule has 0 aromatic heterocycles. The first-order valence-corrected chi connectivity index (χ1v) is 10.5. The quantitative estimate of drug-likeness (QED) is 0.468. The first kappa shape index (κ1) is 20.7. The Labute approximate surface area is 156 Å². The van der Waals surface area contributed by atoms with Crippen molar-refractivity contribution in [2.24, 2.45) is 10.9 Å². The molecule has 1 aliphatic heterocycles. The van der Waals surface area contributed by atoms with Gasteiger partial charge in [0.05, 0.1) is 11.0 Å². The van der Waals surface area contributed by atoms with E-state index in [4.69, 9.17) is 4.74 Å². The molecule has 0 bridgehead atoms. The third-order valence-electron chi connectivity index (χ3n) is 4.12. The van der Waals surface area contributed by atoms with Crippen LogP contribution in [0.15, 0.2) is 34.2 Å². The van der Waals surface area contributed by atoms with Crippen LogP contribution >= 0.6 is 0 Å². The van der Waals surface area contributed by atoms with E-state index in [2.05, 4.69) is 34.2 Å². The van der Waals surface area contributed by atoms with Crippen molar-refractivity contribution in [2.45, 2.75) is 44.2 Å². The van der Waals surface area contributed by atoms with Gasteiger partial charge in [-0.05, 0) is 36.5 Å². The predicted octanol–water partition coefficient (Wildman–Crippen LogP) is 1.46. The molecule has 0 radical (unpaired) electrons. The van der Waals surface area contributed by atoms with Gasteiger partial charge in [0.2, 0.25) is 10.0 Å². The molecule has 146 valence electrons. The number of benzene rings is 1. The Morgan fingerprint density at radius 3 is 2.58 bits per heavy atom. The van der Waals surface area contributed by atoms with E-state index in [0.717, 1.165) is 30.9 Å². The van der Waals surface area contributed by atoms with Crippen LogP contribution in [0.2, 0.25) is 0 Å². The zero-order valence-electron chi connectivity index (χ0n) is 15.8. The Kier molecular flexibility index (Phi) is 7.86. The molecular formula is C18H30N4O3S. The molecular weight excluding hydrogens is 352 g/mol. The molecule has 1 fully saturated rings. The highest BCUT2D eigenvalue weighted by atomic mass is 32.2. The van der Waals surface area contributed by atoms with Crippen molar-refractivity contribution in [2.75, 3.05) is 26.7 Å². The monoisotopic (exact) mass is 382 g/mol. The standard InChI is InChI=1S/C18H30N4O3S/c1-14(2)11-20-18(19-3)21-12-15-6-8-17(9-7-15)26(23,24)22-13-16-5-4-10-25-16/h6-9,14,16,22H,4-5,10-13H2,1-3H3,(H2,19,20,21). The van der Waals surface area contributed by atoms with E-state index in [9.17, 15) is 8.42 Å². The van der Waals surface area contributed by atoms with Crippen molar-refractivity contribution in [1.29, 1.82) is 0 Å². The second kappa shape index (κ2) is 9.89. The molecule has 0 spiro atoms. The summed E-state index contributed by atoms with van der Waals surface area (Å²) in [7, 11) is -1.78. The molecule has 1 saturated heterocycles. The van der Waals surface area contributed by atoms with E-state index < -0.39 is 10.0 Å². The SMILES string of the molecule is CN=C(NCc1ccc(S(=O)(=O)NCC2CCCO2)cc1)NCC(C)C. The van der Waals surface area contributed by atoms with Gasteiger partial charge in [-0.15, -0.1) is 0 Å². The summed E-state index contributed by atoms with van der Waals surface area (Å²) in [5.74, 6) is 1.26. The highest BCUT2D eigenvalue weighted by molar-refractivity contribution is 7.89. The van der Waals surface area contributed by atoms with Crippen molar-refractivity contribution in [3.05, 3.63) is 29.8 Å². The third-order valence-corrected chi connectivity index (χ3v) is 5.56. The average molecular weight is 383 g/mol. The van der Waals surface area contributed by atoms with Crippen LogP contribution in [-0.2, 0) is 21.3 Å². The van der Waals surface area contributed by atoms with Crippen molar-refractivity contribution >= 4 is 16.0 Å². The molecule has 3 N–H and O–H groups in total. The van der Waals surface area contributed by atoms with Crippen LogP contribution in [0.1, 0.15) is 32.3 Å². The van der Waals surface area contributed by atoms with Gasteiger partial charge in [-0.2, -0.15) is 0 Å². The summed E-state index contributed by atoms with van der Waals surface area (Å²) in [6, 6.07) is 6.87. The van der Waals surface area contributed by atoms with E-state index in [-0.39, 0.29) is 11.0 Å². The summed E-state index contributed by atoms with van der Waals surface area (Å²) in [6.45, 7) is 6.71. The average Bonchev–Trinajstić information content (AvgIpc) is 3.14. The molecule has 1 aliphatic rings. The summed E-state index contributed by atoms with van der Waals surface area (Å²) >= 11 is 0. The highest BCUT2D eigenvalue weighted by Crippen LogP contribution is 2.14. The predicted molar refractivity (Wildman–Crippen MR) is 104 cm³/mol. The van der Waals surface area contributed by atoms with Crippen LogP contribution in [0.4, 0.5) is 0 Å². The minimum absolute atomic E-state index is 0.0154. The van der Waals surface area contributed by atoms with Gasteiger partial charge < -0.3 is 15.4 Å². The van der Waals surface area contributed by atoms with E-state index in [1.165, 1.54) is 0 Å². The second-order valence-electron chi connectivity index (χ2n) is 6.83. The maximum atomic E-state index is 12.4. The maximum Gasteiger partial charge on any atom is 0.240 e. The smallest absolute Gasteiger partial charge is 0.240 e. The number of hydrogen-bond donors (Lipinski definition) is 3. The molecule has 2 rings (SSSR count). The van der Waals surface area contributed by atoms with E-state index in [0.29, 0.717) is 25.6 Å². The first-order chi connectivity index (χ1) is 12.4. The van der Waals surface area contributed by atoms with Gasteiger partial charge in [0.25, 0.3) is 0 Å². The Bertz CT molecular complexity index is 681. The maximum absolute atomic E-state index is 12.4. The summed E-state index contributed by atoms with van der Waals surface area (Å²) in [4.78, 5) is 4.44. The molecule has 0 amide bonds. The number of rotatable bonds is 8. The largest absolute Gasteiger partial charge is 0.377 e. The fourth-order valence-corrected chi connectivity index (χ4v) is 3.65. The fourth-order valence-electron chi connectivity index (χ4n) is 2.58. The number of nitrogens with one attached hydrogen (secondary N) is 3. The molecule has 1 aromatic carbocycles. The highest BCUT2D eigenvalue weighted by Gasteiger charge is 2.20. The Morgan fingerprint density at radius 1 is 1.27 bits per heavy atom. The lowest BCUT2D eigenvalue weighted by Crippen LogP contribution is -2.38. The lowest BCUT2D eigenvalue weighted by molar-refractivity contribution is 0.114. The van der Waals surface area contributed by atoms with Crippen LogP contribution in [-0.4, -0.2) is 47.2 Å². The Hall–Kier alpha value is -1.64. The van der Waals surface area contributed by atoms with Crippen LogP contribution < -0.4 is 15.4 Å². The molecule has 26 heavy (non-hydrogen) atoms. The zero-order chi connectivity index (χ0) is 19.0. The van der Waals surface area contributed by atoms with Gasteiger partial charge in [-0.25, -0.2) is 13.1 Å². The topological polar surface area (TPSA) is 91.8 Å². The summed E-state index contributed by atoms with van der Waals surface area (Å²) in [5.41, 5.74) is 0.982. The van der Waals surface area contributed by atoms with Crippen molar-refractivity contribution in [3.8, 4) is 0 Å². The number of aliphatic imine (C=N–C) groups is 1. The summed E-state index contributed by atoms with van der Waals surface area (Å²) in [6.07, 6.45) is 1.88. The molecule has 1 unspecified atom stereocenters. The van der Waals surface area contributed by atoms with Crippen LogP contribution in [0.5, 0.6) is 0 Å². The molecule has 0 aliphatic carbocycles. The number of sulfonamides is 1. The lowest BCUT2D eigenvalue weighted by atomic mass is 10.2. The number of hydrogen-bond acceptors (Lipinski definition) is 4. The normalized spacial score (nSPS) is 18.3. The van der Waals surface area contributed by atoms with Crippen LogP contribution in [0.3, 0.4) is 0 Å². The molecule has 8 heteroatoms. The number of ether oxygens (including phenoxy) is 1. The lowest BCUT2D eigenvalue weighted by Gasteiger charge is -2.14. The number of nitrogens with zero attached hydrogens (tertiary/aromatic N) is 1. The van der Waals surface area contributed by atoms with Gasteiger partial charge >= 0.3 is 0 Å². The van der Waals surface area contributed by atoms with E-state index in [1.807, 2.05) is 12.1 Å². The second-order valence-corrected chi connectivity index (χ2v) is 8.60. The first-order valence-electron chi connectivity index (χ1n) is 9.05. The van der Waals surface area contributed by atoms with Gasteiger partial charge in [0.1, 0.15) is 0 Å². The molecule has 1 heterocycles. The number of guanidine groups is 1. The molecule has 1 aromatic rings. The van der Waals surface area contributed by atoms with E-state index in [1.54, 1.807) is 19.2 Å². The minimum atomic E-state index is -3.51. The minimum Gasteiger partial charge on any atom is -0.377 e. The zero-order valence-corrected chi connectivity index (χ0v) is 16.6. The van der Waals surface area contributed by atoms with Crippen molar-refractivity contribution in [3.63, 3.8) is 0 Å². The van der Waals surface area contributed by atoms with E-state index >= 15 is 0 Å². The van der Waals surface area contributed by atoms with Crippen molar-refractivity contribution in [1.82, 2.24) is 15.4 Å².